The van der Waals surface area contributed by atoms with Gasteiger partial charge in [-0.1, -0.05) is 0 Å². The molecule has 6 rings (SSSR count). The monoisotopic (exact) mass is 354 g/mol. The Morgan fingerprint density at radius 3 is 2.70 bits per heavy atom. The normalized spacial score (nSPS) is 12.4. The lowest BCUT2D eigenvalue weighted by molar-refractivity contribution is -0.643. The standard InChI is InChI=1S/C23H17FN3/c1-12-8-17-16-4-6-25-11-19(16)27-18-10-15(24)9-14-5-7-26(3)23(21(14)18)20(13(12)2)22(17)27/h4-11H,1-3H3/q+1. The first-order chi connectivity index (χ1) is 13.1. The number of hydrogen-bond donors (Lipinski definition) is 0. The fraction of sp³-hybridized carbons (Fsp3) is 0.130. The quantitative estimate of drug-likeness (QED) is 0.214. The molecule has 0 aliphatic rings. The molecule has 130 valence electrons. The topological polar surface area (TPSA) is 21.2 Å². The van der Waals surface area contributed by atoms with Crippen molar-refractivity contribution < 1.29 is 8.96 Å². The van der Waals surface area contributed by atoms with E-state index in [4.69, 9.17) is 0 Å². The second kappa shape index (κ2) is 4.71. The SMILES string of the molecule is Cc1cc2c3ccncc3n3c4cc(F)cc5cc[n+](C)c(c(c1C)c23)c54. The van der Waals surface area contributed by atoms with Gasteiger partial charge in [-0.25, -0.2) is 8.96 Å². The van der Waals surface area contributed by atoms with Crippen LogP contribution in [0.4, 0.5) is 4.39 Å². The fourth-order valence-electron chi connectivity index (χ4n) is 4.72. The van der Waals surface area contributed by atoms with E-state index < -0.39 is 0 Å². The molecule has 0 aliphatic carbocycles. The minimum Gasteiger partial charge on any atom is -0.306 e. The van der Waals surface area contributed by atoms with Gasteiger partial charge in [-0.2, -0.15) is 0 Å². The zero-order chi connectivity index (χ0) is 18.4. The van der Waals surface area contributed by atoms with Crippen LogP contribution in [0.15, 0.2) is 48.9 Å². The highest BCUT2D eigenvalue weighted by molar-refractivity contribution is 6.25. The van der Waals surface area contributed by atoms with E-state index in [0.717, 1.165) is 38.2 Å². The maximum atomic E-state index is 14.5. The largest absolute Gasteiger partial charge is 0.306 e. The maximum Gasteiger partial charge on any atom is 0.224 e. The molecule has 0 saturated carbocycles. The van der Waals surface area contributed by atoms with Gasteiger partial charge in [-0.05, 0) is 54.6 Å². The molecule has 0 unspecified atom stereocenters. The first-order valence-electron chi connectivity index (χ1n) is 9.07. The van der Waals surface area contributed by atoms with Crippen LogP contribution < -0.4 is 4.57 Å². The van der Waals surface area contributed by atoms with E-state index in [1.807, 2.05) is 24.7 Å². The summed E-state index contributed by atoms with van der Waals surface area (Å²) in [6, 6.07) is 9.56. The molecule has 0 radical (unpaired) electrons. The van der Waals surface area contributed by atoms with Crippen LogP contribution in [-0.2, 0) is 7.05 Å². The zero-order valence-corrected chi connectivity index (χ0v) is 15.3. The van der Waals surface area contributed by atoms with Crippen LogP contribution in [-0.4, -0.2) is 9.38 Å². The molecular formula is C23H17FN3+. The zero-order valence-electron chi connectivity index (χ0n) is 15.3. The summed E-state index contributed by atoms with van der Waals surface area (Å²) in [5.74, 6) is -0.219. The molecule has 4 heterocycles. The number of hydrogen-bond acceptors (Lipinski definition) is 1. The van der Waals surface area contributed by atoms with Crippen molar-refractivity contribution in [2.75, 3.05) is 0 Å². The first kappa shape index (κ1) is 14.9. The van der Waals surface area contributed by atoms with Gasteiger partial charge in [0, 0.05) is 23.0 Å². The fourth-order valence-corrected chi connectivity index (χ4v) is 4.72. The number of fused-ring (bicyclic) bond motifs is 5. The lowest BCUT2D eigenvalue weighted by Crippen LogP contribution is -2.29. The van der Waals surface area contributed by atoms with Gasteiger partial charge in [0.2, 0.25) is 5.52 Å². The second-order valence-corrected chi connectivity index (χ2v) is 7.48. The van der Waals surface area contributed by atoms with Crippen LogP contribution >= 0.6 is 0 Å². The summed E-state index contributed by atoms with van der Waals surface area (Å²) in [5, 5.41) is 5.58. The van der Waals surface area contributed by atoms with E-state index in [2.05, 4.69) is 47.0 Å². The van der Waals surface area contributed by atoms with Crippen molar-refractivity contribution in [1.82, 2.24) is 9.38 Å². The lowest BCUT2D eigenvalue weighted by atomic mass is 9.96. The number of aryl methyl sites for hydroxylation is 3. The minimum absolute atomic E-state index is 0.219. The third kappa shape index (κ3) is 1.66. The molecule has 0 amide bonds. The van der Waals surface area contributed by atoms with Gasteiger partial charge in [-0.3, -0.25) is 4.98 Å². The van der Waals surface area contributed by atoms with Crippen LogP contribution in [0.25, 0.3) is 49.0 Å². The molecule has 4 aromatic heterocycles. The van der Waals surface area contributed by atoms with Crippen LogP contribution in [0.5, 0.6) is 0 Å². The number of rotatable bonds is 0. The molecule has 0 spiro atoms. The summed E-state index contributed by atoms with van der Waals surface area (Å²) >= 11 is 0. The molecule has 0 fully saturated rings. The molecule has 27 heavy (non-hydrogen) atoms. The molecule has 0 atom stereocenters. The summed E-state index contributed by atoms with van der Waals surface area (Å²) in [4.78, 5) is 4.36. The Balaban J connectivity index is 2.17. The Hall–Kier alpha value is -3.27. The molecule has 4 heteroatoms. The highest BCUT2D eigenvalue weighted by Gasteiger charge is 2.24. The summed E-state index contributed by atoms with van der Waals surface area (Å²) in [6.07, 6.45) is 5.73. The van der Waals surface area contributed by atoms with Gasteiger partial charge >= 0.3 is 0 Å². The Labute approximate surface area is 154 Å². The predicted molar refractivity (Wildman–Crippen MR) is 107 cm³/mol. The van der Waals surface area contributed by atoms with E-state index in [9.17, 15) is 4.39 Å². The van der Waals surface area contributed by atoms with Crippen molar-refractivity contribution in [3.05, 3.63) is 65.9 Å². The van der Waals surface area contributed by atoms with E-state index >= 15 is 0 Å². The Bertz CT molecular complexity index is 1560. The Kier molecular flexibility index (Phi) is 2.59. The van der Waals surface area contributed by atoms with Gasteiger partial charge in [0.05, 0.1) is 33.5 Å². The highest BCUT2D eigenvalue weighted by atomic mass is 19.1. The van der Waals surface area contributed by atoms with E-state index in [1.54, 1.807) is 12.1 Å². The van der Waals surface area contributed by atoms with Gasteiger partial charge in [-0.15, -0.1) is 0 Å². The molecule has 0 N–H and O–H groups in total. The van der Waals surface area contributed by atoms with Crippen molar-refractivity contribution >= 4 is 49.0 Å². The average Bonchev–Trinajstić information content (AvgIpc) is 2.98. The molecule has 3 nitrogen and oxygen atoms in total. The van der Waals surface area contributed by atoms with Crippen LogP contribution in [0.3, 0.4) is 0 Å². The Morgan fingerprint density at radius 1 is 1.00 bits per heavy atom. The lowest BCUT2D eigenvalue weighted by Gasteiger charge is -2.14. The Morgan fingerprint density at radius 2 is 1.85 bits per heavy atom. The van der Waals surface area contributed by atoms with Crippen LogP contribution in [0, 0.1) is 19.7 Å². The van der Waals surface area contributed by atoms with Crippen molar-refractivity contribution in [3.8, 4) is 0 Å². The van der Waals surface area contributed by atoms with Crippen molar-refractivity contribution in [3.63, 3.8) is 0 Å². The summed E-state index contributed by atoms with van der Waals surface area (Å²) < 4.78 is 18.9. The number of benzene rings is 2. The first-order valence-corrected chi connectivity index (χ1v) is 9.07. The summed E-state index contributed by atoms with van der Waals surface area (Å²) in [6.45, 7) is 4.34. The molecule has 2 aromatic carbocycles. The molecule has 0 aliphatic heterocycles. The van der Waals surface area contributed by atoms with E-state index in [1.165, 1.54) is 21.9 Å². The average molecular weight is 354 g/mol. The maximum absolute atomic E-state index is 14.5. The second-order valence-electron chi connectivity index (χ2n) is 7.48. The van der Waals surface area contributed by atoms with Crippen molar-refractivity contribution in [1.29, 1.82) is 0 Å². The van der Waals surface area contributed by atoms with E-state index in [0.29, 0.717) is 0 Å². The van der Waals surface area contributed by atoms with Gasteiger partial charge in [0.15, 0.2) is 6.20 Å². The molecule has 6 aromatic rings. The smallest absolute Gasteiger partial charge is 0.224 e. The van der Waals surface area contributed by atoms with Crippen molar-refractivity contribution in [2.45, 2.75) is 13.8 Å². The van der Waals surface area contributed by atoms with Gasteiger partial charge in [0.25, 0.3) is 0 Å². The molecule has 0 bridgehead atoms. The number of nitrogens with zero attached hydrogens (tertiary/aromatic N) is 3. The van der Waals surface area contributed by atoms with Gasteiger partial charge in [0.1, 0.15) is 12.9 Å². The number of aromatic nitrogens is 3. The van der Waals surface area contributed by atoms with Crippen molar-refractivity contribution in [2.24, 2.45) is 7.05 Å². The highest BCUT2D eigenvalue weighted by Crippen LogP contribution is 2.41. The molecule has 0 saturated heterocycles. The predicted octanol–water partition coefficient (Wildman–Crippen LogP) is 4.97. The minimum atomic E-state index is -0.219. The van der Waals surface area contributed by atoms with Gasteiger partial charge < -0.3 is 4.40 Å². The summed E-state index contributed by atoms with van der Waals surface area (Å²) in [7, 11) is 2.06. The van der Waals surface area contributed by atoms with Crippen LogP contribution in [0.1, 0.15) is 11.1 Å². The third-order valence-corrected chi connectivity index (χ3v) is 6.03. The third-order valence-electron chi connectivity index (χ3n) is 6.03. The molecular weight excluding hydrogens is 337 g/mol. The van der Waals surface area contributed by atoms with E-state index in [-0.39, 0.29) is 5.82 Å². The van der Waals surface area contributed by atoms with Crippen LogP contribution in [0.2, 0.25) is 0 Å². The number of pyridine rings is 3. The number of halogens is 1. The summed E-state index contributed by atoms with van der Waals surface area (Å²) in [5.41, 5.74) is 6.72.